The molecule has 0 aliphatic heterocycles. The molecule has 0 aliphatic rings. The minimum atomic E-state index is 0.217. The lowest BCUT2D eigenvalue weighted by atomic mass is 10.1. The zero-order valence-corrected chi connectivity index (χ0v) is 12.5. The summed E-state index contributed by atoms with van der Waals surface area (Å²) in [5.74, 6) is 1.92. The fraction of sp³-hybridized carbons (Fsp3) is 0.692. The van der Waals surface area contributed by atoms with E-state index in [9.17, 15) is 0 Å². The van der Waals surface area contributed by atoms with E-state index in [-0.39, 0.29) is 6.04 Å². The first-order chi connectivity index (χ1) is 8.45. The molecule has 0 saturated heterocycles. The van der Waals surface area contributed by atoms with Crippen molar-refractivity contribution in [1.29, 1.82) is 0 Å². The molecule has 0 bridgehead atoms. The molecule has 0 aromatic carbocycles. The van der Waals surface area contributed by atoms with Gasteiger partial charge in [-0.1, -0.05) is 25.4 Å². The summed E-state index contributed by atoms with van der Waals surface area (Å²) in [5.41, 5.74) is 0.879. The van der Waals surface area contributed by atoms with Crippen LogP contribution in [-0.2, 0) is 4.74 Å². The third kappa shape index (κ3) is 4.10. The number of hydrogen-bond acceptors (Lipinski definition) is 4. The number of nitrogens with zero attached hydrogens (tertiary/aromatic N) is 2. The first-order valence-electron chi connectivity index (χ1n) is 6.30. The maximum absolute atomic E-state index is 6.06. The van der Waals surface area contributed by atoms with Crippen molar-refractivity contribution in [3.63, 3.8) is 0 Å². The van der Waals surface area contributed by atoms with Gasteiger partial charge in [0.15, 0.2) is 0 Å². The number of nitrogens with one attached hydrogen (secondary N) is 1. The van der Waals surface area contributed by atoms with Gasteiger partial charge in [0.2, 0.25) is 0 Å². The average Bonchev–Trinajstić information content (AvgIpc) is 2.29. The van der Waals surface area contributed by atoms with E-state index < -0.39 is 0 Å². The number of rotatable bonds is 6. The maximum atomic E-state index is 6.06. The van der Waals surface area contributed by atoms with Crippen LogP contribution in [0.3, 0.4) is 0 Å². The summed E-state index contributed by atoms with van der Waals surface area (Å²) in [6, 6.07) is 0.217. The largest absolute Gasteiger partial charge is 0.380 e. The topological polar surface area (TPSA) is 47.0 Å². The Balaban J connectivity index is 2.86. The van der Waals surface area contributed by atoms with E-state index in [4.69, 9.17) is 16.3 Å². The maximum Gasteiger partial charge on any atom is 0.137 e. The Bertz CT molecular complexity index is 396. The van der Waals surface area contributed by atoms with E-state index in [1.807, 2.05) is 20.8 Å². The number of hydrogen-bond donors (Lipinski definition) is 1. The van der Waals surface area contributed by atoms with Gasteiger partial charge in [-0.2, -0.15) is 0 Å². The third-order valence-electron chi connectivity index (χ3n) is 2.83. The molecule has 0 aliphatic carbocycles. The van der Waals surface area contributed by atoms with Gasteiger partial charge < -0.3 is 10.1 Å². The third-order valence-corrected chi connectivity index (χ3v) is 3.19. The molecule has 0 radical (unpaired) electrons. The van der Waals surface area contributed by atoms with Crippen LogP contribution >= 0.6 is 11.6 Å². The molecule has 0 fully saturated rings. The predicted molar refractivity (Wildman–Crippen MR) is 75.3 cm³/mol. The van der Waals surface area contributed by atoms with Crippen LogP contribution in [0.5, 0.6) is 0 Å². The molecule has 0 spiro atoms. The van der Waals surface area contributed by atoms with Crippen LogP contribution in [0.4, 0.5) is 5.82 Å². The Hall–Kier alpha value is -0.870. The van der Waals surface area contributed by atoms with E-state index in [1.165, 1.54) is 0 Å². The molecular formula is C13H22ClN3O. The van der Waals surface area contributed by atoms with Gasteiger partial charge in [-0.3, -0.25) is 0 Å². The molecule has 0 saturated carbocycles. The first-order valence-corrected chi connectivity index (χ1v) is 6.68. The molecular weight excluding hydrogens is 250 g/mol. The number of halogens is 1. The van der Waals surface area contributed by atoms with Crippen molar-refractivity contribution in [1.82, 2.24) is 9.97 Å². The molecule has 18 heavy (non-hydrogen) atoms. The Kier molecular flexibility index (Phi) is 5.82. The van der Waals surface area contributed by atoms with Crippen molar-refractivity contribution < 1.29 is 4.74 Å². The lowest BCUT2D eigenvalue weighted by Gasteiger charge is -2.23. The van der Waals surface area contributed by atoms with Crippen molar-refractivity contribution in [2.45, 2.75) is 40.7 Å². The molecule has 5 heteroatoms. The summed E-state index contributed by atoms with van der Waals surface area (Å²) >= 11 is 6.06. The quantitative estimate of drug-likeness (QED) is 0.807. The van der Waals surface area contributed by atoms with E-state index in [1.54, 1.807) is 0 Å². The van der Waals surface area contributed by atoms with Crippen molar-refractivity contribution >= 4 is 17.4 Å². The zero-order chi connectivity index (χ0) is 13.7. The van der Waals surface area contributed by atoms with Crippen LogP contribution in [0.15, 0.2) is 0 Å². The van der Waals surface area contributed by atoms with E-state index in [0.29, 0.717) is 30.1 Å². The molecule has 4 nitrogen and oxygen atoms in total. The SMILES string of the molecule is CCOCC(Nc1nc(C)nc(Cl)c1C)C(C)C. The van der Waals surface area contributed by atoms with Crippen molar-refractivity contribution in [3.8, 4) is 0 Å². The second-order valence-corrected chi connectivity index (χ2v) is 5.05. The van der Waals surface area contributed by atoms with Crippen molar-refractivity contribution in [2.24, 2.45) is 5.92 Å². The minimum absolute atomic E-state index is 0.217. The van der Waals surface area contributed by atoms with Crippen LogP contribution in [0.2, 0.25) is 5.15 Å². The fourth-order valence-corrected chi connectivity index (χ4v) is 1.77. The van der Waals surface area contributed by atoms with Crippen LogP contribution in [-0.4, -0.2) is 29.2 Å². The molecule has 0 amide bonds. The lowest BCUT2D eigenvalue weighted by Crippen LogP contribution is -2.31. The second-order valence-electron chi connectivity index (χ2n) is 4.69. The van der Waals surface area contributed by atoms with Gasteiger partial charge in [0.1, 0.15) is 16.8 Å². The highest BCUT2D eigenvalue weighted by molar-refractivity contribution is 6.30. The zero-order valence-electron chi connectivity index (χ0n) is 11.7. The van der Waals surface area contributed by atoms with Crippen LogP contribution in [0.25, 0.3) is 0 Å². The number of anilines is 1. The Labute approximate surface area is 114 Å². The summed E-state index contributed by atoms with van der Waals surface area (Å²) in [6.45, 7) is 11.4. The van der Waals surface area contributed by atoms with Crippen molar-refractivity contribution in [2.75, 3.05) is 18.5 Å². The predicted octanol–water partition coefficient (Wildman–Crippen LogP) is 3.22. The van der Waals surface area contributed by atoms with Gasteiger partial charge in [0.25, 0.3) is 0 Å². The molecule has 1 heterocycles. The van der Waals surface area contributed by atoms with E-state index in [0.717, 1.165) is 11.4 Å². The molecule has 1 rings (SSSR count). The summed E-state index contributed by atoms with van der Waals surface area (Å²) in [6.07, 6.45) is 0. The monoisotopic (exact) mass is 271 g/mol. The molecule has 1 unspecified atom stereocenters. The summed E-state index contributed by atoms with van der Waals surface area (Å²) in [4.78, 5) is 8.53. The molecule has 102 valence electrons. The summed E-state index contributed by atoms with van der Waals surface area (Å²) < 4.78 is 5.49. The van der Waals surface area contributed by atoms with Gasteiger partial charge in [-0.15, -0.1) is 0 Å². The van der Waals surface area contributed by atoms with Crippen molar-refractivity contribution in [3.05, 3.63) is 16.5 Å². The average molecular weight is 272 g/mol. The van der Waals surface area contributed by atoms with Crippen LogP contribution < -0.4 is 5.32 Å². The smallest absolute Gasteiger partial charge is 0.137 e. The minimum Gasteiger partial charge on any atom is -0.380 e. The second kappa shape index (κ2) is 6.90. The van der Waals surface area contributed by atoms with Gasteiger partial charge in [-0.25, -0.2) is 9.97 Å². The fourth-order valence-electron chi connectivity index (χ4n) is 1.56. The molecule has 1 aromatic heterocycles. The van der Waals surface area contributed by atoms with E-state index in [2.05, 4.69) is 29.1 Å². The van der Waals surface area contributed by atoms with E-state index >= 15 is 0 Å². The summed E-state index contributed by atoms with van der Waals surface area (Å²) in [5, 5.41) is 3.91. The highest BCUT2D eigenvalue weighted by atomic mass is 35.5. The highest BCUT2D eigenvalue weighted by Crippen LogP contribution is 2.21. The summed E-state index contributed by atoms with van der Waals surface area (Å²) in [7, 11) is 0. The van der Waals surface area contributed by atoms with Crippen LogP contribution in [0, 0.1) is 19.8 Å². The Morgan fingerprint density at radius 2 is 1.94 bits per heavy atom. The highest BCUT2D eigenvalue weighted by Gasteiger charge is 2.16. The van der Waals surface area contributed by atoms with Gasteiger partial charge >= 0.3 is 0 Å². The Morgan fingerprint density at radius 3 is 2.50 bits per heavy atom. The standard InChI is InChI=1S/C13H22ClN3O/c1-6-18-7-11(8(2)3)17-13-9(4)12(14)15-10(5)16-13/h8,11H,6-7H2,1-5H3,(H,15,16,17). The number of ether oxygens (including phenoxy) is 1. The van der Waals surface area contributed by atoms with Gasteiger partial charge in [-0.05, 0) is 26.7 Å². The lowest BCUT2D eigenvalue weighted by molar-refractivity contribution is 0.126. The molecule has 1 atom stereocenters. The molecule has 1 N–H and O–H groups in total. The first kappa shape index (κ1) is 15.2. The number of aryl methyl sites for hydroxylation is 1. The van der Waals surface area contributed by atoms with Crippen LogP contribution in [0.1, 0.15) is 32.2 Å². The van der Waals surface area contributed by atoms with Gasteiger partial charge in [0.05, 0.1) is 12.6 Å². The number of aromatic nitrogens is 2. The Morgan fingerprint density at radius 1 is 1.28 bits per heavy atom. The normalized spacial score (nSPS) is 12.8. The van der Waals surface area contributed by atoms with Gasteiger partial charge in [0, 0.05) is 12.2 Å². The molecule has 1 aromatic rings.